The predicted molar refractivity (Wildman–Crippen MR) is 79.6 cm³/mol. The molecule has 1 N–H and O–H groups in total. The topological polar surface area (TPSA) is 29.9 Å². The average Bonchev–Trinajstić information content (AvgIpc) is 2.85. The number of hydrogen-bond donors (Lipinski definition) is 1. The van der Waals surface area contributed by atoms with E-state index in [2.05, 4.69) is 36.1 Å². The Labute approximate surface area is 119 Å². The molecule has 0 bridgehead atoms. The SMILES string of the molecule is CNC(Cc1c(C)nn(C)c1Cl)C1(C)CCCS1. The monoisotopic (exact) mass is 287 g/mol. The van der Waals surface area contributed by atoms with Gasteiger partial charge in [-0.25, -0.2) is 0 Å². The molecule has 3 nitrogen and oxygen atoms in total. The normalized spacial score (nSPS) is 25.6. The van der Waals surface area contributed by atoms with Crippen molar-refractivity contribution < 1.29 is 0 Å². The molecule has 2 unspecified atom stereocenters. The van der Waals surface area contributed by atoms with Crippen LogP contribution >= 0.6 is 23.4 Å². The number of halogens is 1. The van der Waals surface area contributed by atoms with Crippen LogP contribution in [-0.4, -0.2) is 33.4 Å². The minimum atomic E-state index is 0.320. The van der Waals surface area contributed by atoms with E-state index >= 15 is 0 Å². The Morgan fingerprint density at radius 1 is 1.61 bits per heavy atom. The molecule has 0 aliphatic carbocycles. The Bertz CT molecular complexity index is 424. The van der Waals surface area contributed by atoms with Crippen molar-refractivity contribution in [1.29, 1.82) is 0 Å². The first-order chi connectivity index (χ1) is 8.48. The molecule has 2 atom stereocenters. The number of aromatic nitrogens is 2. The minimum absolute atomic E-state index is 0.320. The van der Waals surface area contributed by atoms with Gasteiger partial charge < -0.3 is 5.32 Å². The van der Waals surface area contributed by atoms with Crippen molar-refractivity contribution >= 4 is 23.4 Å². The van der Waals surface area contributed by atoms with Crippen molar-refractivity contribution in [3.05, 3.63) is 16.4 Å². The van der Waals surface area contributed by atoms with E-state index in [1.54, 1.807) is 4.68 Å². The van der Waals surface area contributed by atoms with Gasteiger partial charge in [-0.2, -0.15) is 16.9 Å². The maximum Gasteiger partial charge on any atom is 0.130 e. The first-order valence-corrected chi connectivity index (χ1v) is 7.83. The molecule has 0 radical (unpaired) electrons. The number of nitrogens with zero attached hydrogens (tertiary/aromatic N) is 2. The van der Waals surface area contributed by atoms with Crippen molar-refractivity contribution in [3.63, 3.8) is 0 Å². The lowest BCUT2D eigenvalue weighted by molar-refractivity contribution is 0.423. The van der Waals surface area contributed by atoms with Crippen LogP contribution in [0.4, 0.5) is 0 Å². The van der Waals surface area contributed by atoms with Crippen LogP contribution in [0, 0.1) is 6.92 Å². The number of aryl methyl sites for hydroxylation is 2. The smallest absolute Gasteiger partial charge is 0.130 e. The number of nitrogens with one attached hydrogen (secondary N) is 1. The molecule has 2 heterocycles. The summed E-state index contributed by atoms with van der Waals surface area (Å²) in [6.07, 6.45) is 3.55. The van der Waals surface area contributed by atoms with Gasteiger partial charge in [0, 0.05) is 23.4 Å². The van der Waals surface area contributed by atoms with E-state index in [1.165, 1.54) is 24.2 Å². The molecule has 0 amide bonds. The first kappa shape index (κ1) is 14.2. The summed E-state index contributed by atoms with van der Waals surface area (Å²) in [6, 6.07) is 0.449. The fraction of sp³-hybridized carbons (Fsp3) is 0.769. The highest BCUT2D eigenvalue weighted by Gasteiger charge is 2.37. The molecule has 1 fully saturated rings. The lowest BCUT2D eigenvalue weighted by Crippen LogP contribution is -2.45. The molecule has 0 aromatic carbocycles. The second-order valence-electron chi connectivity index (χ2n) is 5.29. The first-order valence-electron chi connectivity index (χ1n) is 6.47. The zero-order chi connectivity index (χ0) is 13.3. The summed E-state index contributed by atoms with van der Waals surface area (Å²) < 4.78 is 2.09. The van der Waals surface area contributed by atoms with E-state index in [1.807, 2.05) is 14.0 Å². The lowest BCUT2D eigenvalue weighted by Gasteiger charge is -2.33. The molecule has 102 valence electrons. The summed E-state index contributed by atoms with van der Waals surface area (Å²) in [5.74, 6) is 1.27. The quantitative estimate of drug-likeness (QED) is 0.923. The summed E-state index contributed by atoms with van der Waals surface area (Å²) in [6.45, 7) is 4.41. The van der Waals surface area contributed by atoms with Crippen LogP contribution in [0.15, 0.2) is 0 Å². The van der Waals surface area contributed by atoms with Gasteiger partial charge in [-0.15, -0.1) is 0 Å². The van der Waals surface area contributed by atoms with Crippen LogP contribution in [0.2, 0.25) is 5.15 Å². The van der Waals surface area contributed by atoms with Crippen LogP contribution in [0.1, 0.15) is 31.0 Å². The highest BCUT2D eigenvalue weighted by Crippen LogP contribution is 2.41. The molecule has 1 aliphatic heterocycles. The van der Waals surface area contributed by atoms with Gasteiger partial charge in [0.1, 0.15) is 5.15 Å². The van der Waals surface area contributed by atoms with Crippen LogP contribution in [-0.2, 0) is 13.5 Å². The molecule has 1 aliphatic rings. The Balaban J connectivity index is 2.20. The van der Waals surface area contributed by atoms with Crippen molar-refractivity contribution in [2.24, 2.45) is 7.05 Å². The Kier molecular flexibility index (Phi) is 4.29. The predicted octanol–water partition coefficient (Wildman–Crippen LogP) is 2.80. The highest BCUT2D eigenvalue weighted by atomic mass is 35.5. The number of likely N-dealkylation sites (N-methyl/N-ethyl adjacent to an activating group) is 1. The summed E-state index contributed by atoms with van der Waals surface area (Å²) in [5.41, 5.74) is 2.24. The molecule has 18 heavy (non-hydrogen) atoms. The van der Waals surface area contributed by atoms with Crippen molar-refractivity contribution in [3.8, 4) is 0 Å². The molecule has 1 saturated heterocycles. The molecule has 1 aromatic heterocycles. The highest BCUT2D eigenvalue weighted by molar-refractivity contribution is 8.00. The van der Waals surface area contributed by atoms with E-state index in [4.69, 9.17) is 11.6 Å². The largest absolute Gasteiger partial charge is 0.315 e. The summed E-state index contributed by atoms with van der Waals surface area (Å²) in [7, 11) is 3.95. The second kappa shape index (κ2) is 5.43. The molecule has 1 aromatic rings. The fourth-order valence-corrected chi connectivity index (χ4v) is 4.51. The Hall–Kier alpha value is -0.190. The summed E-state index contributed by atoms with van der Waals surface area (Å²) in [4.78, 5) is 0. The van der Waals surface area contributed by atoms with Crippen LogP contribution in [0.25, 0.3) is 0 Å². The van der Waals surface area contributed by atoms with Crippen molar-refractivity contribution in [1.82, 2.24) is 15.1 Å². The van der Waals surface area contributed by atoms with E-state index < -0.39 is 0 Å². The molecular weight excluding hydrogens is 266 g/mol. The van der Waals surface area contributed by atoms with Gasteiger partial charge in [0.25, 0.3) is 0 Å². The third-order valence-corrected chi connectivity index (χ3v) is 6.13. The van der Waals surface area contributed by atoms with Crippen LogP contribution in [0.3, 0.4) is 0 Å². The van der Waals surface area contributed by atoms with Crippen molar-refractivity contribution in [2.45, 2.75) is 43.9 Å². The van der Waals surface area contributed by atoms with Gasteiger partial charge in [0.2, 0.25) is 0 Å². The van der Waals surface area contributed by atoms with Gasteiger partial charge >= 0.3 is 0 Å². The van der Waals surface area contributed by atoms with Gasteiger partial charge in [-0.05, 0) is 45.9 Å². The molecule has 0 saturated carbocycles. The number of hydrogen-bond acceptors (Lipinski definition) is 3. The number of rotatable bonds is 4. The number of thioether (sulfide) groups is 1. The van der Waals surface area contributed by atoms with Crippen LogP contribution < -0.4 is 5.32 Å². The van der Waals surface area contributed by atoms with Gasteiger partial charge in [-0.1, -0.05) is 11.6 Å². The third kappa shape index (κ3) is 2.56. The van der Waals surface area contributed by atoms with E-state index in [-0.39, 0.29) is 0 Å². The zero-order valence-corrected chi connectivity index (χ0v) is 13.2. The molecule has 2 rings (SSSR count). The van der Waals surface area contributed by atoms with Gasteiger partial charge in [0.15, 0.2) is 0 Å². The maximum atomic E-state index is 6.33. The Morgan fingerprint density at radius 2 is 2.33 bits per heavy atom. The lowest BCUT2D eigenvalue weighted by atomic mass is 9.91. The fourth-order valence-electron chi connectivity index (χ4n) is 2.81. The molecule has 0 spiro atoms. The summed E-state index contributed by atoms with van der Waals surface area (Å²) >= 11 is 8.42. The van der Waals surface area contributed by atoms with E-state index in [9.17, 15) is 0 Å². The Morgan fingerprint density at radius 3 is 2.78 bits per heavy atom. The maximum absolute atomic E-state index is 6.33. The van der Waals surface area contributed by atoms with Gasteiger partial charge in [-0.3, -0.25) is 4.68 Å². The van der Waals surface area contributed by atoms with E-state index in [0.717, 1.165) is 17.3 Å². The minimum Gasteiger partial charge on any atom is -0.315 e. The van der Waals surface area contributed by atoms with Gasteiger partial charge in [0.05, 0.1) is 5.69 Å². The van der Waals surface area contributed by atoms with Crippen molar-refractivity contribution in [2.75, 3.05) is 12.8 Å². The zero-order valence-electron chi connectivity index (χ0n) is 11.6. The molecule has 5 heteroatoms. The second-order valence-corrected chi connectivity index (χ2v) is 7.28. The third-order valence-electron chi connectivity index (χ3n) is 4.01. The van der Waals surface area contributed by atoms with E-state index in [0.29, 0.717) is 10.8 Å². The van der Waals surface area contributed by atoms with Crippen LogP contribution in [0.5, 0.6) is 0 Å². The average molecular weight is 288 g/mol. The standard InChI is InChI=1S/C13H22ClN3S/c1-9-10(12(14)17(4)16-9)8-11(15-3)13(2)6-5-7-18-13/h11,15H,5-8H2,1-4H3. The molecular formula is C13H22ClN3S. The summed E-state index contributed by atoms with van der Waals surface area (Å²) in [5, 5.41) is 8.65.